The average molecular weight is 299 g/mol. The van der Waals surface area contributed by atoms with Gasteiger partial charge in [0.2, 0.25) is 5.91 Å². The summed E-state index contributed by atoms with van der Waals surface area (Å²) >= 11 is 1.69. The first-order valence-corrected chi connectivity index (χ1v) is 7.65. The maximum absolute atomic E-state index is 12.5. The standard InChI is InChI=1S/C16H17N3OS/c1-11-4-5-14-13(8-11)12(10-21-14)9-16(20)18(2)15-6-7-17-19(15)3/h4-8,10H,9H2,1-3H3. The fourth-order valence-electron chi connectivity index (χ4n) is 2.44. The van der Waals surface area contributed by atoms with E-state index in [4.69, 9.17) is 0 Å². The van der Waals surface area contributed by atoms with Crippen LogP contribution in [0.3, 0.4) is 0 Å². The summed E-state index contributed by atoms with van der Waals surface area (Å²) in [6.45, 7) is 2.07. The number of rotatable bonds is 3. The molecule has 5 heteroatoms. The van der Waals surface area contributed by atoms with Gasteiger partial charge in [0.1, 0.15) is 5.82 Å². The minimum Gasteiger partial charge on any atom is -0.300 e. The number of hydrogen-bond acceptors (Lipinski definition) is 3. The van der Waals surface area contributed by atoms with Gasteiger partial charge in [0, 0.05) is 24.9 Å². The van der Waals surface area contributed by atoms with Gasteiger partial charge in [-0.05, 0) is 29.3 Å². The lowest BCUT2D eigenvalue weighted by Crippen LogP contribution is -2.29. The highest BCUT2D eigenvalue weighted by Gasteiger charge is 2.16. The Hall–Kier alpha value is -2.14. The molecular weight excluding hydrogens is 282 g/mol. The molecule has 0 aliphatic heterocycles. The number of benzene rings is 1. The van der Waals surface area contributed by atoms with E-state index in [1.807, 2.05) is 13.1 Å². The number of thiophene rings is 1. The largest absolute Gasteiger partial charge is 0.300 e. The highest BCUT2D eigenvalue weighted by molar-refractivity contribution is 7.17. The Morgan fingerprint density at radius 2 is 2.19 bits per heavy atom. The van der Waals surface area contributed by atoms with Crippen molar-refractivity contribution in [1.82, 2.24) is 9.78 Å². The Morgan fingerprint density at radius 1 is 1.38 bits per heavy atom. The molecule has 0 atom stereocenters. The zero-order valence-corrected chi connectivity index (χ0v) is 13.1. The molecular formula is C16H17N3OS. The molecule has 3 aromatic rings. The van der Waals surface area contributed by atoms with Crippen LogP contribution in [0, 0.1) is 6.92 Å². The van der Waals surface area contributed by atoms with Crippen molar-refractivity contribution in [1.29, 1.82) is 0 Å². The molecule has 0 bridgehead atoms. The third-order valence-corrected chi connectivity index (χ3v) is 4.68. The van der Waals surface area contributed by atoms with Gasteiger partial charge in [-0.1, -0.05) is 17.7 Å². The van der Waals surface area contributed by atoms with Crippen LogP contribution < -0.4 is 4.90 Å². The summed E-state index contributed by atoms with van der Waals surface area (Å²) in [5.41, 5.74) is 2.31. The van der Waals surface area contributed by atoms with Gasteiger partial charge in [0.25, 0.3) is 0 Å². The molecule has 0 unspecified atom stereocenters. The van der Waals surface area contributed by atoms with Crippen molar-refractivity contribution in [3.63, 3.8) is 0 Å². The highest BCUT2D eigenvalue weighted by Crippen LogP contribution is 2.27. The van der Waals surface area contributed by atoms with Crippen LogP contribution in [-0.2, 0) is 18.3 Å². The fraction of sp³-hybridized carbons (Fsp3) is 0.250. The molecule has 21 heavy (non-hydrogen) atoms. The zero-order chi connectivity index (χ0) is 15.0. The molecule has 0 radical (unpaired) electrons. The SMILES string of the molecule is Cc1ccc2scc(CC(=O)N(C)c3ccnn3C)c2c1. The van der Waals surface area contributed by atoms with Crippen LogP contribution in [0.25, 0.3) is 10.1 Å². The first kappa shape index (κ1) is 13.8. The van der Waals surface area contributed by atoms with Crippen LogP contribution >= 0.6 is 11.3 Å². The Labute approximate surface area is 127 Å². The minimum absolute atomic E-state index is 0.0693. The van der Waals surface area contributed by atoms with E-state index in [9.17, 15) is 4.79 Å². The molecule has 108 valence electrons. The van der Waals surface area contributed by atoms with Gasteiger partial charge < -0.3 is 0 Å². The monoisotopic (exact) mass is 299 g/mol. The van der Waals surface area contributed by atoms with Crippen LogP contribution in [-0.4, -0.2) is 22.7 Å². The number of aryl methyl sites for hydroxylation is 2. The molecule has 2 aromatic heterocycles. The van der Waals surface area contributed by atoms with Crippen molar-refractivity contribution >= 4 is 33.1 Å². The number of amides is 1. The normalized spacial score (nSPS) is 11.0. The maximum atomic E-state index is 12.5. The first-order chi connectivity index (χ1) is 10.1. The molecule has 0 fully saturated rings. The van der Waals surface area contributed by atoms with E-state index in [0.29, 0.717) is 6.42 Å². The predicted octanol–water partition coefficient (Wildman–Crippen LogP) is 3.15. The number of anilines is 1. The number of carbonyl (C=O) groups excluding carboxylic acids is 1. The van der Waals surface area contributed by atoms with Crippen molar-refractivity contribution < 1.29 is 4.79 Å². The number of hydrogen-bond donors (Lipinski definition) is 0. The molecule has 0 N–H and O–H groups in total. The molecule has 4 nitrogen and oxygen atoms in total. The van der Waals surface area contributed by atoms with Gasteiger partial charge in [-0.2, -0.15) is 5.10 Å². The topological polar surface area (TPSA) is 38.1 Å². The minimum atomic E-state index is 0.0693. The molecule has 1 amide bonds. The van der Waals surface area contributed by atoms with Crippen molar-refractivity contribution in [3.8, 4) is 0 Å². The van der Waals surface area contributed by atoms with E-state index in [1.54, 1.807) is 34.2 Å². The molecule has 3 rings (SSSR count). The van der Waals surface area contributed by atoms with Crippen molar-refractivity contribution in [3.05, 3.63) is 47.0 Å². The second-order valence-corrected chi connectivity index (χ2v) is 6.11. The lowest BCUT2D eigenvalue weighted by molar-refractivity contribution is -0.117. The van der Waals surface area contributed by atoms with Crippen molar-refractivity contribution in [2.45, 2.75) is 13.3 Å². The van der Waals surface area contributed by atoms with Gasteiger partial charge in [-0.3, -0.25) is 14.4 Å². The lowest BCUT2D eigenvalue weighted by atomic mass is 10.1. The van der Waals surface area contributed by atoms with Gasteiger partial charge in [-0.15, -0.1) is 11.3 Å². The maximum Gasteiger partial charge on any atom is 0.232 e. The van der Waals surface area contributed by atoms with E-state index in [-0.39, 0.29) is 5.91 Å². The second kappa shape index (κ2) is 5.33. The number of nitrogens with zero attached hydrogens (tertiary/aromatic N) is 3. The average Bonchev–Trinajstić information content (AvgIpc) is 3.05. The molecule has 0 saturated carbocycles. The Bertz CT molecular complexity index is 803. The fourth-order valence-corrected chi connectivity index (χ4v) is 3.38. The van der Waals surface area contributed by atoms with Crippen LogP contribution in [0.4, 0.5) is 5.82 Å². The Morgan fingerprint density at radius 3 is 2.90 bits per heavy atom. The van der Waals surface area contributed by atoms with Crippen molar-refractivity contribution in [2.24, 2.45) is 7.05 Å². The summed E-state index contributed by atoms with van der Waals surface area (Å²) in [5, 5.41) is 7.37. The molecule has 0 aliphatic rings. The Balaban J connectivity index is 1.86. The molecule has 0 spiro atoms. The summed E-state index contributed by atoms with van der Waals surface area (Å²) < 4.78 is 2.93. The molecule has 0 saturated heterocycles. The summed E-state index contributed by atoms with van der Waals surface area (Å²) in [5.74, 6) is 0.871. The van der Waals surface area contributed by atoms with Gasteiger partial charge in [0.05, 0.1) is 12.6 Å². The summed E-state index contributed by atoms with van der Waals surface area (Å²) in [7, 11) is 3.63. The first-order valence-electron chi connectivity index (χ1n) is 6.77. The number of aromatic nitrogens is 2. The van der Waals surface area contributed by atoms with Gasteiger partial charge in [0.15, 0.2) is 0 Å². The van der Waals surface area contributed by atoms with Crippen LogP contribution in [0.15, 0.2) is 35.8 Å². The van der Waals surface area contributed by atoms with Gasteiger partial charge in [-0.25, -0.2) is 0 Å². The quantitative estimate of drug-likeness (QED) is 0.745. The van der Waals surface area contributed by atoms with Crippen LogP contribution in [0.1, 0.15) is 11.1 Å². The van der Waals surface area contributed by atoms with Crippen molar-refractivity contribution in [2.75, 3.05) is 11.9 Å². The van der Waals surface area contributed by atoms with E-state index < -0.39 is 0 Å². The van der Waals surface area contributed by atoms with E-state index in [1.165, 1.54) is 15.6 Å². The van der Waals surface area contributed by atoms with E-state index in [0.717, 1.165) is 11.4 Å². The lowest BCUT2D eigenvalue weighted by Gasteiger charge is -2.16. The Kier molecular flexibility index (Phi) is 3.51. The summed E-state index contributed by atoms with van der Waals surface area (Å²) in [4.78, 5) is 14.1. The zero-order valence-electron chi connectivity index (χ0n) is 12.3. The van der Waals surface area contributed by atoms with Crippen LogP contribution in [0.5, 0.6) is 0 Å². The van der Waals surface area contributed by atoms with E-state index >= 15 is 0 Å². The predicted molar refractivity (Wildman–Crippen MR) is 86.9 cm³/mol. The van der Waals surface area contributed by atoms with E-state index in [2.05, 4.69) is 35.6 Å². The molecule has 2 heterocycles. The third kappa shape index (κ3) is 2.56. The molecule has 0 aliphatic carbocycles. The van der Waals surface area contributed by atoms with Crippen LogP contribution in [0.2, 0.25) is 0 Å². The number of carbonyl (C=O) groups is 1. The number of likely N-dealkylation sites (N-methyl/N-ethyl adjacent to an activating group) is 1. The molecule has 1 aromatic carbocycles. The summed E-state index contributed by atoms with van der Waals surface area (Å²) in [6, 6.07) is 8.21. The highest BCUT2D eigenvalue weighted by atomic mass is 32.1. The van der Waals surface area contributed by atoms with Gasteiger partial charge >= 0.3 is 0 Å². The smallest absolute Gasteiger partial charge is 0.232 e. The third-order valence-electron chi connectivity index (χ3n) is 3.66. The number of fused-ring (bicyclic) bond motifs is 1. The second-order valence-electron chi connectivity index (χ2n) is 5.20. The summed E-state index contributed by atoms with van der Waals surface area (Å²) in [6.07, 6.45) is 2.10.